The van der Waals surface area contributed by atoms with Crippen molar-refractivity contribution in [2.75, 3.05) is 5.32 Å². The summed E-state index contributed by atoms with van der Waals surface area (Å²) in [5.41, 5.74) is 0.683. The summed E-state index contributed by atoms with van der Waals surface area (Å²) in [7, 11) is -4.14. The van der Waals surface area contributed by atoms with Crippen molar-refractivity contribution in [1.82, 2.24) is 9.97 Å². The Hall–Kier alpha value is -2.79. The Balaban J connectivity index is 2.04. The zero-order chi connectivity index (χ0) is 21.2. The van der Waals surface area contributed by atoms with Gasteiger partial charge in [-0.3, -0.25) is 10.1 Å². The van der Waals surface area contributed by atoms with Crippen molar-refractivity contribution < 1.29 is 13.3 Å². The minimum atomic E-state index is -4.14. The highest BCUT2D eigenvalue weighted by molar-refractivity contribution is 7.89. The van der Waals surface area contributed by atoms with Gasteiger partial charge in [-0.05, 0) is 34.9 Å². The number of hydrogen-bond donors (Lipinski definition) is 2. The van der Waals surface area contributed by atoms with E-state index in [1.807, 2.05) is 0 Å². The number of aromatic nitrogens is 2. The number of nitrogens with two attached hydrogens (primary N) is 1. The maximum absolute atomic E-state index is 12.3. The van der Waals surface area contributed by atoms with Gasteiger partial charge in [-0.25, -0.2) is 18.5 Å². The number of nitrogens with zero attached hydrogens (tertiary/aromatic N) is 3. The van der Waals surface area contributed by atoms with Crippen molar-refractivity contribution in [1.29, 1.82) is 0 Å². The number of anilines is 2. The lowest BCUT2D eigenvalue weighted by atomic mass is 10.0. The molecule has 0 aliphatic carbocycles. The number of nitro groups is 1. The Morgan fingerprint density at radius 3 is 2.41 bits per heavy atom. The van der Waals surface area contributed by atoms with Crippen molar-refractivity contribution in [3.8, 4) is 0 Å². The first kappa shape index (κ1) is 20.9. The molecular weight excluding hydrogens is 441 g/mol. The highest BCUT2D eigenvalue weighted by Gasteiger charge is 2.27. The molecule has 1 aromatic heterocycles. The minimum absolute atomic E-state index is 0.0212. The van der Waals surface area contributed by atoms with E-state index >= 15 is 0 Å². The van der Waals surface area contributed by atoms with Crippen molar-refractivity contribution in [3.05, 3.63) is 86.3 Å². The summed E-state index contributed by atoms with van der Waals surface area (Å²) < 4.78 is 24.6. The van der Waals surface area contributed by atoms with Gasteiger partial charge in [0.1, 0.15) is 10.3 Å². The Kier molecular flexibility index (Phi) is 5.99. The van der Waals surface area contributed by atoms with Gasteiger partial charge in [0.2, 0.25) is 15.3 Å². The number of nitro benzene ring substituents is 1. The zero-order valence-corrected chi connectivity index (χ0v) is 16.8. The van der Waals surface area contributed by atoms with Gasteiger partial charge in [-0.2, -0.15) is 4.98 Å². The first-order valence-corrected chi connectivity index (χ1v) is 10.3. The molecule has 0 fully saturated rings. The van der Waals surface area contributed by atoms with E-state index in [0.717, 1.165) is 0 Å². The van der Waals surface area contributed by atoms with Gasteiger partial charge in [0.25, 0.3) is 5.69 Å². The third-order valence-corrected chi connectivity index (χ3v) is 5.54. The Labute approximate surface area is 175 Å². The summed E-state index contributed by atoms with van der Waals surface area (Å²) in [5.74, 6) is 0.228. The summed E-state index contributed by atoms with van der Waals surface area (Å²) in [4.78, 5) is 18.2. The van der Waals surface area contributed by atoms with Gasteiger partial charge in [-0.15, -0.1) is 0 Å². The third-order valence-electron chi connectivity index (χ3n) is 3.88. The second-order valence-corrected chi connectivity index (χ2v) is 8.30. The molecular formula is C17H13Cl2N5O4S. The van der Waals surface area contributed by atoms with Gasteiger partial charge in [0.05, 0.1) is 11.1 Å². The minimum Gasteiger partial charge on any atom is -0.339 e. The molecule has 0 radical (unpaired) electrons. The highest BCUT2D eigenvalue weighted by Crippen LogP contribution is 2.33. The lowest BCUT2D eigenvalue weighted by molar-refractivity contribution is -0.384. The number of halogens is 2. The van der Waals surface area contributed by atoms with E-state index in [1.165, 1.54) is 36.5 Å². The van der Waals surface area contributed by atoms with Crippen molar-refractivity contribution in [2.24, 2.45) is 5.14 Å². The molecule has 150 valence electrons. The number of rotatable bonds is 6. The van der Waals surface area contributed by atoms with E-state index in [4.69, 9.17) is 28.3 Å². The summed E-state index contributed by atoms with van der Waals surface area (Å²) in [6, 6.07) is 11.6. The summed E-state index contributed by atoms with van der Waals surface area (Å²) in [6.07, 6.45) is 1.32. The first-order valence-electron chi connectivity index (χ1n) is 7.96. The van der Waals surface area contributed by atoms with E-state index in [-0.39, 0.29) is 27.4 Å². The molecule has 1 unspecified atom stereocenters. The van der Waals surface area contributed by atoms with E-state index in [1.54, 1.807) is 18.2 Å². The Morgan fingerprint density at radius 2 is 1.76 bits per heavy atom. The van der Waals surface area contributed by atoms with Crippen LogP contribution in [0.2, 0.25) is 10.3 Å². The maximum atomic E-state index is 12.3. The molecule has 9 nitrogen and oxygen atoms in total. The predicted octanol–water partition coefficient (Wildman–Crippen LogP) is 3.81. The number of non-ortho nitro benzene ring substituents is 1. The molecule has 0 aliphatic rings. The SMILES string of the molecule is NS(=O)(=O)C(c1cccc(Nc2nc(Cl)ncc2Cl)c1)c1cccc([N+](=O)[O-])c1. The predicted molar refractivity (Wildman–Crippen MR) is 110 cm³/mol. The molecule has 2 aromatic carbocycles. The molecule has 0 aliphatic heterocycles. The standard InChI is InChI=1S/C17H13Cl2N5O4S/c18-14-9-21-17(19)23-16(14)22-12-5-1-3-10(7-12)15(29(20,27)28)11-4-2-6-13(8-11)24(25)26/h1-9,15H,(H2,20,27,28)(H,21,22,23). The van der Waals surface area contributed by atoms with E-state index in [9.17, 15) is 18.5 Å². The van der Waals surface area contributed by atoms with Crippen LogP contribution in [0.5, 0.6) is 0 Å². The van der Waals surface area contributed by atoms with Crippen LogP contribution >= 0.6 is 23.2 Å². The van der Waals surface area contributed by atoms with Crippen LogP contribution in [-0.4, -0.2) is 23.3 Å². The number of nitrogens with one attached hydrogen (secondary N) is 1. The van der Waals surface area contributed by atoms with Crippen molar-refractivity contribution >= 4 is 50.4 Å². The topological polar surface area (TPSA) is 141 Å². The van der Waals surface area contributed by atoms with Crippen LogP contribution in [0.1, 0.15) is 16.4 Å². The molecule has 12 heteroatoms. The molecule has 0 spiro atoms. The summed E-state index contributed by atoms with van der Waals surface area (Å²) in [6.45, 7) is 0. The fourth-order valence-electron chi connectivity index (χ4n) is 2.72. The number of primary sulfonamides is 1. The lowest BCUT2D eigenvalue weighted by Gasteiger charge is -2.17. The van der Waals surface area contributed by atoms with Gasteiger partial charge >= 0.3 is 0 Å². The molecule has 1 heterocycles. The van der Waals surface area contributed by atoms with Crippen LogP contribution in [0.25, 0.3) is 0 Å². The highest BCUT2D eigenvalue weighted by atomic mass is 35.5. The van der Waals surface area contributed by atoms with E-state index in [2.05, 4.69) is 15.3 Å². The normalized spacial score (nSPS) is 12.4. The second kappa shape index (κ2) is 8.29. The molecule has 3 aromatic rings. The van der Waals surface area contributed by atoms with Crippen molar-refractivity contribution in [3.63, 3.8) is 0 Å². The fourth-order valence-corrected chi connectivity index (χ4v) is 4.05. The average Bonchev–Trinajstić information content (AvgIpc) is 2.64. The lowest BCUT2D eigenvalue weighted by Crippen LogP contribution is -2.22. The second-order valence-electron chi connectivity index (χ2n) is 5.91. The van der Waals surface area contributed by atoms with Crippen LogP contribution in [0.4, 0.5) is 17.2 Å². The quantitative estimate of drug-likeness (QED) is 0.328. The van der Waals surface area contributed by atoms with E-state index < -0.39 is 20.2 Å². The molecule has 0 amide bonds. The zero-order valence-electron chi connectivity index (χ0n) is 14.5. The first-order chi connectivity index (χ1) is 13.6. The molecule has 0 saturated heterocycles. The van der Waals surface area contributed by atoms with Gasteiger partial charge < -0.3 is 5.32 Å². The van der Waals surface area contributed by atoms with E-state index in [0.29, 0.717) is 11.3 Å². The smallest absolute Gasteiger partial charge is 0.269 e. The molecule has 3 N–H and O–H groups in total. The molecule has 0 saturated carbocycles. The van der Waals surface area contributed by atoms with Gasteiger partial charge in [-0.1, -0.05) is 35.9 Å². The summed E-state index contributed by atoms with van der Waals surface area (Å²) >= 11 is 11.8. The largest absolute Gasteiger partial charge is 0.339 e. The molecule has 1 atom stereocenters. The van der Waals surface area contributed by atoms with Crippen LogP contribution in [0.15, 0.2) is 54.7 Å². The number of sulfonamides is 1. The van der Waals surface area contributed by atoms with Crippen LogP contribution < -0.4 is 10.5 Å². The Bertz CT molecular complexity index is 1190. The van der Waals surface area contributed by atoms with Gasteiger partial charge in [0, 0.05) is 17.8 Å². The number of hydrogen-bond acceptors (Lipinski definition) is 7. The maximum Gasteiger partial charge on any atom is 0.269 e. The molecule has 3 rings (SSSR count). The van der Waals surface area contributed by atoms with Crippen molar-refractivity contribution in [2.45, 2.75) is 5.25 Å². The van der Waals surface area contributed by atoms with Crippen LogP contribution in [-0.2, 0) is 10.0 Å². The monoisotopic (exact) mass is 453 g/mol. The molecule has 0 bridgehead atoms. The Morgan fingerprint density at radius 1 is 1.10 bits per heavy atom. The average molecular weight is 454 g/mol. The third kappa shape index (κ3) is 4.98. The summed E-state index contributed by atoms with van der Waals surface area (Å²) in [5, 5.41) is 18.3. The number of benzene rings is 2. The van der Waals surface area contributed by atoms with Crippen LogP contribution in [0, 0.1) is 10.1 Å². The van der Waals surface area contributed by atoms with Crippen LogP contribution in [0.3, 0.4) is 0 Å². The fraction of sp³-hybridized carbons (Fsp3) is 0.0588. The van der Waals surface area contributed by atoms with Gasteiger partial charge in [0.15, 0.2) is 5.82 Å². The molecule has 29 heavy (non-hydrogen) atoms.